The Hall–Kier alpha value is -1.86. The fourth-order valence-electron chi connectivity index (χ4n) is 5.03. The van der Waals surface area contributed by atoms with Crippen LogP contribution in [-0.2, 0) is 30.6 Å². The molecular weight excluding hydrogens is 376 g/mol. The van der Waals surface area contributed by atoms with Gasteiger partial charge in [-0.25, -0.2) is 0 Å². The normalized spacial score (nSPS) is 18.7. The number of methoxy groups -OCH3 is 1. The Morgan fingerprint density at radius 1 is 0.710 bits per heavy atom. The smallest absolute Gasteiger partial charge is 0.0713 e. The molecule has 2 aromatic carbocycles. The van der Waals surface area contributed by atoms with Crippen LogP contribution in [0.1, 0.15) is 80.0 Å². The lowest BCUT2D eigenvalue weighted by atomic mass is 9.78. The summed E-state index contributed by atoms with van der Waals surface area (Å²) in [4.78, 5) is 0. The van der Waals surface area contributed by atoms with Crippen LogP contribution < -0.4 is 0 Å². The quantitative estimate of drug-likeness (QED) is 0.236. The predicted molar refractivity (Wildman–Crippen MR) is 133 cm³/mol. The van der Waals surface area contributed by atoms with Gasteiger partial charge in [0.1, 0.15) is 0 Å². The largest absolute Gasteiger partial charge is 0.380 e. The van der Waals surface area contributed by atoms with E-state index in [9.17, 15) is 0 Å². The molecule has 0 spiro atoms. The zero-order valence-electron chi connectivity index (χ0n) is 19.7. The summed E-state index contributed by atoms with van der Waals surface area (Å²) in [7, 11) is 1.75. The second kappa shape index (κ2) is 13.5. The van der Waals surface area contributed by atoms with Crippen molar-refractivity contribution in [2.24, 2.45) is 11.8 Å². The number of allylic oxidation sites excluding steroid dienone is 1. The van der Waals surface area contributed by atoms with E-state index in [1.807, 2.05) is 0 Å². The molecular formula is C30H42O. The molecule has 0 amide bonds. The molecule has 0 heterocycles. The molecule has 0 atom stereocenters. The zero-order valence-corrected chi connectivity index (χ0v) is 19.7. The van der Waals surface area contributed by atoms with Crippen LogP contribution in [0.2, 0.25) is 0 Å². The van der Waals surface area contributed by atoms with Crippen LogP contribution in [0.3, 0.4) is 0 Å². The number of rotatable bonds is 13. The first kappa shape index (κ1) is 23.8. The molecule has 0 N–H and O–H groups in total. The van der Waals surface area contributed by atoms with Crippen LogP contribution in [0, 0.1) is 11.8 Å². The second-order valence-corrected chi connectivity index (χ2v) is 9.56. The van der Waals surface area contributed by atoms with Crippen LogP contribution >= 0.6 is 0 Å². The highest BCUT2D eigenvalue weighted by Crippen LogP contribution is 2.34. The van der Waals surface area contributed by atoms with E-state index in [0.717, 1.165) is 11.8 Å². The highest BCUT2D eigenvalue weighted by Gasteiger charge is 2.20. The summed E-state index contributed by atoms with van der Waals surface area (Å²) in [5, 5.41) is 0. The van der Waals surface area contributed by atoms with E-state index in [4.69, 9.17) is 4.74 Å². The summed E-state index contributed by atoms with van der Waals surface area (Å²) >= 11 is 0. The average molecular weight is 419 g/mol. The monoisotopic (exact) mass is 418 g/mol. The van der Waals surface area contributed by atoms with Gasteiger partial charge in [0.15, 0.2) is 0 Å². The van der Waals surface area contributed by atoms with Gasteiger partial charge in [-0.3, -0.25) is 0 Å². The Kier molecular flexibility index (Phi) is 10.4. The van der Waals surface area contributed by atoms with Crippen LogP contribution in [0.25, 0.3) is 0 Å². The van der Waals surface area contributed by atoms with Gasteiger partial charge in [-0.05, 0) is 85.5 Å². The number of aryl methyl sites for hydroxylation is 3. The van der Waals surface area contributed by atoms with Gasteiger partial charge in [-0.15, -0.1) is 6.58 Å². The van der Waals surface area contributed by atoms with Crippen LogP contribution in [0.4, 0.5) is 0 Å². The van der Waals surface area contributed by atoms with E-state index in [2.05, 4.69) is 61.2 Å². The van der Waals surface area contributed by atoms with Gasteiger partial charge >= 0.3 is 0 Å². The van der Waals surface area contributed by atoms with Gasteiger partial charge in [-0.1, -0.05) is 80.3 Å². The maximum absolute atomic E-state index is 5.18. The summed E-state index contributed by atoms with van der Waals surface area (Å²) < 4.78 is 5.18. The molecule has 1 aliphatic rings. The molecule has 3 rings (SSSR count). The van der Waals surface area contributed by atoms with Crippen molar-refractivity contribution in [2.45, 2.75) is 83.7 Å². The fraction of sp³-hybridized carbons (Fsp3) is 0.533. The zero-order chi connectivity index (χ0) is 21.7. The van der Waals surface area contributed by atoms with E-state index in [1.165, 1.54) is 99.3 Å². The third kappa shape index (κ3) is 8.65. The first-order chi connectivity index (χ1) is 15.3. The molecule has 1 aliphatic carbocycles. The molecule has 0 radical (unpaired) electrons. The summed E-state index contributed by atoms with van der Waals surface area (Å²) in [6.07, 6.45) is 17.9. The molecule has 1 nitrogen and oxygen atoms in total. The van der Waals surface area contributed by atoms with Gasteiger partial charge in [0.2, 0.25) is 0 Å². The number of ether oxygens (including phenoxy) is 1. The third-order valence-corrected chi connectivity index (χ3v) is 7.12. The molecule has 2 aromatic rings. The van der Waals surface area contributed by atoms with Crippen molar-refractivity contribution in [1.82, 2.24) is 0 Å². The van der Waals surface area contributed by atoms with Crippen LogP contribution in [0.5, 0.6) is 0 Å². The Labute approximate surface area is 190 Å². The van der Waals surface area contributed by atoms with Crippen molar-refractivity contribution in [1.29, 1.82) is 0 Å². The SMILES string of the molecule is C=CCCC1CCC(CCc2ccc(CCCCc3ccc(COC)cc3)cc2)CC1. The predicted octanol–water partition coefficient (Wildman–Crippen LogP) is 8.10. The molecule has 31 heavy (non-hydrogen) atoms. The van der Waals surface area contributed by atoms with E-state index in [0.29, 0.717) is 6.61 Å². The molecule has 1 heteroatoms. The van der Waals surface area contributed by atoms with Gasteiger partial charge < -0.3 is 4.74 Å². The molecule has 0 aromatic heterocycles. The van der Waals surface area contributed by atoms with E-state index in [1.54, 1.807) is 7.11 Å². The number of hydrogen-bond acceptors (Lipinski definition) is 1. The minimum absolute atomic E-state index is 0.702. The fourth-order valence-corrected chi connectivity index (χ4v) is 5.03. The molecule has 168 valence electrons. The van der Waals surface area contributed by atoms with Gasteiger partial charge in [0.05, 0.1) is 6.61 Å². The first-order valence-electron chi connectivity index (χ1n) is 12.5. The highest BCUT2D eigenvalue weighted by molar-refractivity contribution is 5.24. The van der Waals surface area contributed by atoms with Crippen LogP contribution in [-0.4, -0.2) is 7.11 Å². The van der Waals surface area contributed by atoms with Crippen molar-refractivity contribution in [3.05, 3.63) is 83.4 Å². The van der Waals surface area contributed by atoms with Crippen molar-refractivity contribution < 1.29 is 4.74 Å². The summed E-state index contributed by atoms with van der Waals surface area (Å²) in [5.74, 6) is 1.91. The molecule has 0 saturated heterocycles. The van der Waals surface area contributed by atoms with Crippen molar-refractivity contribution in [3.8, 4) is 0 Å². The lowest BCUT2D eigenvalue weighted by molar-refractivity contribution is 0.185. The molecule has 1 fully saturated rings. The van der Waals surface area contributed by atoms with E-state index < -0.39 is 0 Å². The van der Waals surface area contributed by atoms with Crippen LogP contribution in [0.15, 0.2) is 61.2 Å². The van der Waals surface area contributed by atoms with Crippen molar-refractivity contribution in [2.75, 3.05) is 7.11 Å². The highest BCUT2D eigenvalue weighted by atomic mass is 16.5. The maximum atomic E-state index is 5.18. The second-order valence-electron chi connectivity index (χ2n) is 9.56. The van der Waals surface area contributed by atoms with Gasteiger partial charge in [-0.2, -0.15) is 0 Å². The molecule has 0 bridgehead atoms. The Bertz CT molecular complexity index is 735. The van der Waals surface area contributed by atoms with E-state index >= 15 is 0 Å². The summed E-state index contributed by atoms with van der Waals surface area (Å²) in [5.41, 5.74) is 5.70. The number of benzene rings is 2. The summed E-state index contributed by atoms with van der Waals surface area (Å²) in [6.45, 7) is 4.57. The summed E-state index contributed by atoms with van der Waals surface area (Å²) in [6, 6.07) is 18.3. The number of hydrogen-bond donors (Lipinski definition) is 0. The van der Waals surface area contributed by atoms with Gasteiger partial charge in [0.25, 0.3) is 0 Å². The lowest BCUT2D eigenvalue weighted by Crippen LogP contribution is -2.15. The van der Waals surface area contributed by atoms with Gasteiger partial charge in [0, 0.05) is 7.11 Å². The standard InChI is InChI=1S/C30H42O/c1-3-4-7-25-10-14-28(15-11-25)18-19-29-16-12-26(13-17-29)8-5-6-9-27-20-22-30(23-21-27)24-31-2/h3,12-13,16-17,20-23,25,28H,1,4-11,14-15,18-19,24H2,2H3. The lowest BCUT2D eigenvalue weighted by Gasteiger charge is -2.28. The Balaban J connectivity index is 1.30. The molecule has 0 aliphatic heterocycles. The Morgan fingerprint density at radius 2 is 1.16 bits per heavy atom. The average Bonchev–Trinajstić information content (AvgIpc) is 2.82. The number of unbranched alkanes of at least 4 members (excludes halogenated alkanes) is 1. The van der Waals surface area contributed by atoms with Crippen molar-refractivity contribution in [3.63, 3.8) is 0 Å². The minimum Gasteiger partial charge on any atom is -0.380 e. The minimum atomic E-state index is 0.702. The first-order valence-corrected chi connectivity index (χ1v) is 12.5. The van der Waals surface area contributed by atoms with E-state index in [-0.39, 0.29) is 0 Å². The molecule has 0 unspecified atom stereocenters. The molecule has 1 saturated carbocycles. The third-order valence-electron chi connectivity index (χ3n) is 7.12. The maximum Gasteiger partial charge on any atom is 0.0713 e. The Morgan fingerprint density at radius 3 is 1.65 bits per heavy atom. The van der Waals surface area contributed by atoms with Crippen molar-refractivity contribution >= 4 is 0 Å². The topological polar surface area (TPSA) is 9.23 Å².